The third kappa shape index (κ3) is 4.25. The van der Waals surface area contributed by atoms with Crippen LogP contribution >= 0.6 is 0 Å². The van der Waals surface area contributed by atoms with Gasteiger partial charge in [0.2, 0.25) is 0 Å². The fraction of sp³-hybridized carbons (Fsp3) is 0.263. The largest absolute Gasteiger partial charge is 0.484 e. The molecule has 0 radical (unpaired) electrons. The quantitative estimate of drug-likeness (QED) is 0.759. The highest BCUT2D eigenvalue weighted by Crippen LogP contribution is 2.40. The Morgan fingerprint density at radius 2 is 1.61 bits per heavy atom. The molecule has 0 aliphatic heterocycles. The van der Waals surface area contributed by atoms with Crippen molar-refractivity contribution in [1.82, 2.24) is 0 Å². The second-order valence-corrected chi connectivity index (χ2v) is 5.80. The fourth-order valence-electron chi connectivity index (χ4n) is 2.37. The lowest BCUT2D eigenvalue weighted by atomic mass is 9.93. The molecule has 9 heteroatoms. The van der Waals surface area contributed by atoms with Gasteiger partial charge in [0.15, 0.2) is 6.61 Å². The van der Waals surface area contributed by atoms with Crippen molar-refractivity contribution in [2.75, 3.05) is 25.7 Å². The Morgan fingerprint density at radius 1 is 1.04 bits per heavy atom. The number of ether oxygens (including phenoxy) is 2. The van der Waals surface area contributed by atoms with E-state index < -0.39 is 29.2 Å². The first-order chi connectivity index (χ1) is 13.1. The maximum atomic E-state index is 13.2. The lowest BCUT2D eigenvalue weighted by Crippen LogP contribution is -2.49. The Hall–Kier alpha value is -3.07. The summed E-state index contributed by atoms with van der Waals surface area (Å²) in [7, 11) is 2.16. The molecule has 0 aliphatic carbocycles. The van der Waals surface area contributed by atoms with Crippen LogP contribution in [0.1, 0.15) is 5.56 Å². The molecule has 0 aromatic heterocycles. The molecule has 2 aromatic carbocycles. The van der Waals surface area contributed by atoms with Crippen LogP contribution in [-0.4, -0.2) is 43.9 Å². The predicted molar refractivity (Wildman–Crippen MR) is 93.8 cm³/mol. The normalized spacial score (nSPS) is 13.4. The second-order valence-electron chi connectivity index (χ2n) is 5.80. The van der Waals surface area contributed by atoms with Crippen LogP contribution in [-0.2, 0) is 19.9 Å². The summed E-state index contributed by atoms with van der Waals surface area (Å²) in [6.07, 6.45) is -5.28. The van der Waals surface area contributed by atoms with Crippen molar-refractivity contribution in [2.45, 2.75) is 11.8 Å². The molecule has 0 bridgehead atoms. The molecule has 0 saturated heterocycles. The number of carbonyl (C=O) groups is 2. The topological polar surface area (TPSA) is 76.1 Å². The van der Waals surface area contributed by atoms with E-state index in [4.69, 9.17) is 4.74 Å². The predicted octanol–water partition coefficient (Wildman–Crippen LogP) is 2.65. The number of methoxy groups -OCH3 is 1. The molecule has 0 saturated carbocycles. The molecule has 1 N–H and O–H groups in total. The number of esters is 1. The highest BCUT2D eigenvalue weighted by Gasteiger charge is 2.62. The van der Waals surface area contributed by atoms with Crippen molar-refractivity contribution in [3.8, 4) is 5.75 Å². The van der Waals surface area contributed by atoms with Gasteiger partial charge in [0.05, 0.1) is 7.11 Å². The lowest BCUT2D eigenvalue weighted by Gasteiger charge is -2.28. The number of alkyl halides is 3. The fourth-order valence-corrected chi connectivity index (χ4v) is 2.37. The van der Waals surface area contributed by atoms with E-state index in [-0.39, 0.29) is 12.3 Å². The van der Waals surface area contributed by atoms with Gasteiger partial charge >= 0.3 is 12.1 Å². The van der Waals surface area contributed by atoms with E-state index in [1.165, 1.54) is 24.1 Å². The Labute approximate surface area is 159 Å². The molecule has 1 atom stereocenters. The maximum absolute atomic E-state index is 13.2. The number of hydrogen-bond acceptors (Lipinski definition) is 5. The zero-order valence-electron chi connectivity index (χ0n) is 15.1. The minimum Gasteiger partial charge on any atom is -0.484 e. The van der Waals surface area contributed by atoms with Gasteiger partial charge in [0.25, 0.3) is 11.5 Å². The number of amides is 1. The van der Waals surface area contributed by atoms with Crippen molar-refractivity contribution in [2.24, 2.45) is 0 Å². The number of hydrogen-bond donors (Lipinski definition) is 1. The summed E-state index contributed by atoms with van der Waals surface area (Å²) in [4.78, 5) is 24.9. The summed E-state index contributed by atoms with van der Waals surface area (Å²) in [5.74, 6) is -1.81. The van der Waals surface area contributed by atoms with Crippen LogP contribution in [0.2, 0.25) is 0 Å². The lowest BCUT2D eigenvalue weighted by molar-refractivity contribution is -0.266. The molecule has 2 rings (SSSR count). The summed E-state index contributed by atoms with van der Waals surface area (Å²) in [6, 6.07) is 12.8. The van der Waals surface area contributed by atoms with E-state index >= 15 is 0 Å². The zero-order chi connectivity index (χ0) is 20.9. The van der Waals surface area contributed by atoms with Crippen molar-refractivity contribution >= 4 is 17.6 Å². The summed E-state index contributed by atoms with van der Waals surface area (Å²) < 4.78 is 49.2. The van der Waals surface area contributed by atoms with E-state index in [9.17, 15) is 27.9 Å². The van der Waals surface area contributed by atoms with Crippen LogP contribution in [0.25, 0.3) is 0 Å². The minimum absolute atomic E-state index is 0.250. The third-order valence-corrected chi connectivity index (χ3v) is 4.04. The molecule has 0 fully saturated rings. The number of likely N-dealkylation sites (N-methyl/N-ethyl adjacent to an activating group) is 1. The standard InChI is InChI=1S/C19H18F3NO5/c1-23(16(24)12-28-15-6-4-3-5-7-15)14-10-8-13(9-11-14)18(26,17(25)27-2)19(20,21)22/h3-11,26H,12H2,1-2H3/t18-/m0/s1. The smallest absolute Gasteiger partial charge is 0.432 e. The average molecular weight is 397 g/mol. The Bertz CT molecular complexity index is 824. The van der Waals surface area contributed by atoms with E-state index in [2.05, 4.69) is 4.74 Å². The van der Waals surface area contributed by atoms with Gasteiger partial charge in [0, 0.05) is 18.3 Å². The molecular weight excluding hydrogens is 379 g/mol. The number of halogens is 3. The van der Waals surface area contributed by atoms with E-state index in [0.717, 1.165) is 19.2 Å². The molecule has 0 unspecified atom stereocenters. The van der Waals surface area contributed by atoms with Gasteiger partial charge in [-0.25, -0.2) is 4.79 Å². The van der Waals surface area contributed by atoms with Crippen molar-refractivity contribution < 1.29 is 37.3 Å². The van der Waals surface area contributed by atoms with Gasteiger partial charge in [-0.15, -0.1) is 0 Å². The van der Waals surface area contributed by atoms with Crippen LogP contribution in [0, 0.1) is 0 Å². The number of anilines is 1. The summed E-state index contributed by atoms with van der Waals surface area (Å²) >= 11 is 0. The van der Waals surface area contributed by atoms with Crippen molar-refractivity contribution in [3.05, 3.63) is 60.2 Å². The van der Waals surface area contributed by atoms with Crippen LogP contribution in [0.5, 0.6) is 5.75 Å². The van der Waals surface area contributed by atoms with Crippen molar-refractivity contribution in [3.63, 3.8) is 0 Å². The molecule has 0 heterocycles. The zero-order valence-corrected chi connectivity index (χ0v) is 15.1. The number of carbonyl (C=O) groups excluding carboxylic acids is 2. The van der Waals surface area contributed by atoms with Crippen LogP contribution in [0.3, 0.4) is 0 Å². The monoisotopic (exact) mass is 397 g/mol. The van der Waals surface area contributed by atoms with Gasteiger partial charge in [-0.3, -0.25) is 4.79 Å². The highest BCUT2D eigenvalue weighted by atomic mass is 19.4. The molecule has 150 valence electrons. The summed E-state index contributed by atoms with van der Waals surface area (Å²) in [5, 5.41) is 9.94. The first-order valence-corrected chi connectivity index (χ1v) is 8.03. The Balaban J connectivity index is 2.16. The molecule has 2 aromatic rings. The Morgan fingerprint density at radius 3 is 2.11 bits per heavy atom. The molecule has 1 amide bonds. The van der Waals surface area contributed by atoms with Gasteiger partial charge in [-0.1, -0.05) is 30.3 Å². The van der Waals surface area contributed by atoms with Gasteiger partial charge in [-0.05, 0) is 24.3 Å². The highest BCUT2D eigenvalue weighted by molar-refractivity contribution is 5.94. The van der Waals surface area contributed by atoms with E-state index in [1.54, 1.807) is 30.3 Å². The number of aliphatic hydroxyl groups is 1. The molecule has 28 heavy (non-hydrogen) atoms. The molecule has 0 spiro atoms. The summed E-state index contributed by atoms with van der Waals surface area (Å²) in [6.45, 7) is -0.281. The van der Waals surface area contributed by atoms with Crippen LogP contribution < -0.4 is 9.64 Å². The Kier molecular flexibility index (Phi) is 6.30. The first-order valence-electron chi connectivity index (χ1n) is 8.03. The number of rotatable bonds is 6. The SMILES string of the molecule is COC(=O)[C@@](O)(c1ccc(N(C)C(=O)COc2ccccc2)cc1)C(F)(F)F. The van der Waals surface area contributed by atoms with Crippen LogP contribution in [0.15, 0.2) is 54.6 Å². The van der Waals surface area contributed by atoms with Gasteiger partial charge in [-0.2, -0.15) is 13.2 Å². The molecular formula is C19H18F3NO5. The van der Waals surface area contributed by atoms with E-state index in [0.29, 0.717) is 5.75 Å². The number of para-hydroxylation sites is 1. The summed E-state index contributed by atoms with van der Waals surface area (Å²) in [5.41, 5.74) is -4.28. The number of benzene rings is 2. The van der Waals surface area contributed by atoms with Gasteiger partial charge < -0.3 is 19.5 Å². The van der Waals surface area contributed by atoms with Crippen LogP contribution in [0.4, 0.5) is 18.9 Å². The molecule has 6 nitrogen and oxygen atoms in total. The second kappa shape index (κ2) is 8.30. The van der Waals surface area contributed by atoms with Crippen molar-refractivity contribution in [1.29, 1.82) is 0 Å². The minimum atomic E-state index is -5.28. The molecule has 0 aliphatic rings. The maximum Gasteiger partial charge on any atom is 0.432 e. The van der Waals surface area contributed by atoms with Gasteiger partial charge in [0.1, 0.15) is 5.75 Å². The third-order valence-electron chi connectivity index (χ3n) is 4.04. The number of nitrogens with zero attached hydrogens (tertiary/aromatic N) is 1. The first kappa shape index (κ1) is 21.2. The average Bonchev–Trinajstić information content (AvgIpc) is 2.70. The van der Waals surface area contributed by atoms with E-state index in [1.807, 2.05) is 0 Å².